The van der Waals surface area contributed by atoms with Crippen molar-refractivity contribution in [3.8, 4) is 11.1 Å². The Kier molecular flexibility index (Phi) is 4.51. The number of benzene rings is 2. The van der Waals surface area contributed by atoms with Crippen LogP contribution in [0.25, 0.3) is 17.2 Å². The van der Waals surface area contributed by atoms with E-state index >= 15 is 0 Å². The molecule has 0 aliphatic carbocycles. The number of rotatable bonds is 3. The van der Waals surface area contributed by atoms with Gasteiger partial charge in [-0.3, -0.25) is 9.98 Å². The van der Waals surface area contributed by atoms with E-state index in [0.717, 1.165) is 30.7 Å². The fraction of sp³-hybridized carbons (Fsp3) is 0.130. The van der Waals surface area contributed by atoms with Crippen LogP contribution in [0.1, 0.15) is 24.0 Å². The average Bonchev–Trinajstić information content (AvgIpc) is 2.70. The van der Waals surface area contributed by atoms with E-state index in [-0.39, 0.29) is 0 Å². The second-order valence-electron chi connectivity index (χ2n) is 6.20. The molecule has 0 atom stereocenters. The first kappa shape index (κ1) is 15.5. The molecule has 25 heavy (non-hydrogen) atoms. The summed E-state index contributed by atoms with van der Waals surface area (Å²) >= 11 is 0. The summed E-state index contributed by atoms with van der Waals surface area (Å²) in [6.45, 7) is 0.891. The Hall–Kier alpha value is -3.00. The number of hydrogen-bond acceptors (Lipinski definition) is 2. The summed E-state index contributed by atoms with van der Waals surface area (Å²) in [6.07, 6.45) is 8.16. The van der Waals surface area contributed by atoms with E-state index in [1.54, 1.807) is 6.20 Å². The van der Waals surface area contributed by atoms with Crippen molar-refractivity contribution in [2.24, 2.45) is 4.99 Å². The lowest BCUT2D eigenvalue weighted by Crippen LogP contribution is -2.12. The van der Waals surface area contributed by atoms with Crippen molar-refractivity contribution >= 4 is 11.8 Å². The molecule has 122 valence electrons. The highest BCUT2D eigenvalue weighted by Gasteiger charge is 2.15. The van der Waals surface area contributed by atoms with Gasteiger partial charge in [0.15, 0.2) is 0 Å². The van der Waals surface area contributed by atoms with Crippen LogP contribution in [0.4, 0.5) is 0 Å². The molecule has 2 heterocycles. The maximum absolute atomic E-state index is 4.79. The van der Waals surface area contributed by atoms with Gasteiger partial charge >= 0.3 is 0 Å². The highest BCUT2D eigenvalue weighted by atomic mass is 14.8. The van der Waals surface area contributed by atoms with E-state index in [2.05, 4.69) is 71.7 Å². The number of pyridine rings is 1. The van der Waals surface area contributed by atoms with E-state index in [4.69, 9.17) is 4.99 Å². The molecule has 2 aromatic carbocycles. The Morgan fingerprint density at radius 3 is 2.44 bits per heavy atom. The quantitative estimate of drug-likeness (QED) is 0.632. The van der Waals surface area contributed by atoms with Gasteiger partial charge in [0, 0.05) is 24.5 Å². The zero-order valence-electron chi connectivity index (χ0n) is 14.1. The second-order valence-corrected chi connectivity index (χ2v) is 6.20. The fourth-order valence-corrected chi connectivity index (χ4v) is 3.29. The topological polar surface area (TPSA) is 25.2 Å². The highest BCUT2D eigenvalue weighted by Crippen LogP contribution is 2.28. The third-order valence-electron chi connectivity index (χ3n) is 4.49. The summed E-state index contributed by atoms with van der Waals surface area (Å²) in [5.74, 6) is 0. The minimum Gasteiger partial charge on any atom is -0.284 e. The predicted octanol–water partition coefficient (Wildman–Crippen LogP) is 5.42. The van der Waals surface area contributed by atoms with Gasteiger partial charge in [-0.25, -0.2) is 0 Å². The Bertz CT molecular complexity index is 909. The lowest BCUT2D eigenvalue weighted by Gasteiger charge is -2.17. The number of aromatic nitrogens is 1. The molecule has 0 N–H and O–H groups in total. The molecule has 1 aliphatic heterocycles. The van der Waals surface area contributed by atoms with Crippen LogP contribution in [0, 0.1) is 0 Å². The molecule has 0 saturated carbocycles. The van der Waals surface area contributed by atoms with Crippen molar-refractivity contribution in [3.63, 3.8) is 0 Å². The van der Waals surface area contributed by atoms with Crippen molar-refractivity contribution < 1.29 is 0 Å². The monoisotopic (exact) mass is 324 g/mol. The van der Waals surface area contributed by atoms with Gasteiger partial charge in [0.1, 0.15) is 0 Å². The van der Waals surface area contributed by atoms with E-state index < -0.39 is 0 Å². The lowest BCUT2D eigenvalue weighted by molar-refractivity contribution is 0.818. The van der Waals surface area contributed by atoms with Gasteiger partial charge in [-0.2, -0.15) is 0 Å². The van der Waals surface area contributed by atoms with Gasteiger partial charge in [0.2, 0.25) is 0 Å². The first-order valence-electron chi connectivity index (χ1n) is 8.72. The molecule has 2 heteroatoms. The molecular weight excluding hydrogens is 304 g/mol. The number of nitrogens with zero attached hydrogens (tertiary/aromatic N) is 2. The van der Waals surface area contributed by atoms with Crippen molar-refractivity contribution in [2.75, 3.05) is 6.54 Å². The molecule has 2 nitrogen and oxygen atoms in total. The molecule has 1 aliphatic rings. The van der Waals surface area contributed by atoms with Gasteiger partial charge in [0.05, 0.1) is 5.71 Å². The molecule has 0 unspecified atom stereocenters. The first-order valence-corrected chi connectivity index (χ1v) is 8.72. The normalized spacial score (nSPS) is 15.8. The molecule has 0 spiro atoms. The van der Waals surface area contributed by atoms with Crippen LogP contribution in [-0.2, 0) is 0 Å². The van der Waals surface area contributed by atoms with Crippen molar-refractivity contribution in [1.29, 1.82) is 0 Å². The summed E-state index contributed by atoms with van der Waals surface area (Å²) in [7, 11) is 0. The Morgan fingerprint density at radius 2 is 1.60 bits per heavy atom. The number of allylic oxidation sites excluding steroid dienone is 1. The van der Waals surface area contributed by atoms with Crippen LogP contribution in [0.15, 0.2) is 89.7 Å². The SMILES string of the molecule is C(=C1\CCCN=C1c1cccnc1)/c1ccccc1-c1ccccc1. The van der Waals surface area contributed by atoms with E-state index in [1.807, 2.05) is 12.3 Å². The molecule has 4 rings (SSSR count). The predicted molar refractivity (Wildman–Crippen MR) is 105 cm³/mol. The zero-order valence-corrected chi connectivity index (χ0v) is 14.1. The summed E-state index contributed by atoms with van der Waals surface area (Å²) in [6, 6.07) is 23.2. The van der Waals surface area contributed by atoms with Gasteiger partial charge in [0.25, 0.3) is 0 Å². The fourth-order valence-electron chi connectivity index (χ4n) is 3.29. The van der Waals surface area contributed by atoms with Gasteiger partial charge < -0.3 is 0 Å². The third kappa shape index (κ3) is 3.43. The van der Waals surface area contributed by atoms with Crippen LogP contribution in [0.3, 0.4) is 0 Å². The standard InChI is InChI=1S/C23H20N2/c1-2-8-18(9-3-1)22-13-5-4-10-19(22)16-20-11-7-15-25-23(20)21-12-6-14-24-17-21/h1-6,8-10,12-14,16-17H,7,11,15H2/b20-16-. The smallest absolute Gasteiger partial charge is 0.0694 e. The summed E-state index contributed by atoms with van der Waals surface area (Å²) < 4.78 is 0. The maximum atomic E-state index is 4.79. The van der Waals surface area contributed by atoms with Crippen molar-refractivity contribution in [1.82, 2.24) is 4.98 Å². The number of aliphatic imine (C=N–C) groups is 1. The third-order valence-corrected chi connectivity index (χ3v) is 4.49. The molecule has 0 bridgehead atoms. The lowest BCUT2D eigenvalue weighted by atomic mass is 9.92. The molecule has 0 fully saturated rings. The molecule has 1 aromatic heterocycles. The largest absolute Gasteiger partial charge is 0.284 e. The van der Waals surface area contributed by atoms with Crippen LogP contribution in [0.5, 0.6) is 0 Å². The van der Waals surface area contributed by atoms with Gasteiger partial charge in [-0.05, 0) is 53.3 Å². The van der Waals surface area contributed by atoms with Crippen LogP contribution in [-0.4, -0.2) is 17.2 Å². The second kappa shape index (κ2) is 7.27. The zero-order chi connectivity index (χ0) is 16.9. The summed E-state index contributed by atoms with van der Waals surface area (Å²) in [5, 5.41) is 0. The van der Waals surface area contributed by atoms with E-state index in [9.17, 15) is 0 Å². The van der Waals surface area contributed by atoms with Crippen LogP contribution >= 0.6 is 0 Å². The average molecular weight is 324 g/mol. The highest BCUT2D eigenvalue weighted by molar-refractivity contribution is 6.15. The number of hydrogen-bond donors (Lipinski definition) is 0. The van der Waals surface area contributed by atoms with Crippen LogP contribution < -0.4 is 0 Å². The molecule has 0 saturated heterocycles. The van der Waals surface area contributed by atoms with E-state index in [0.29, 0.717) is 0 Å². The van der Waals surface area contributed by atoms with Crippen molar-refractivity contribution in [3.05, 3.63) is 95.8 Å². The molecule has 3 aromatic rings. The summed E-state index contributed by atoms with van der Waals surface area (Å²) in [5.41, 5.74) is 7.22. The van der Waals surface area contributed by atoms with Gasteiger partial charge in [-0.15, -0.1) is 0 Å². The Balaban J connectivity index is 1.78. The minimum atomic E-state index is 0.891. The van der Waals surface area contributed by atoms with Crippen molar-refractivity contribution in [2.45, 2.75) is 12.8 Å². The Morgan fingerprint density at radius 1 is 0.800 bits per heavy atom. The maximum Gasteiger partial charge on any atom is 0.0694 e. The van der Waals surface area contributed by atoms with E-state index in [1.165, 1.54) is 22.3 Å². The van der Waals surface area contributed by atoms with Gasteiger partial charge in [-0.1, -0.05) is 54.6 Å². The molecule has 0 amide bonds. The van der Waals surface area contributed by atoms with Crippen LogP contribution in [0.2, 0.25) is 0 Å². The minimum absolute atomic E-state index is 0.891. The summed E-state index contributed by atoms with van der Waals surface area (Å²) in [4.78, 5) is 9.05. The Labute approximate surface area is 148 Å². The first-order chi connectivity index (χ1) is 12.4. The molecule has 0 radical (unpaired) electrons. The molecular formula is C23H20N2.